The molecule has 0 atom stereocenters. The molecule has 0 aliphatic heterocycles. The highest BCUT2D eigenvalue weighted by atomic mass is 35.5. The van der Waals surface area contributed by atoms with E-state index < -0.39 is 0 Å². The summed E-state index contributed by atoms with van der Waals surface area (Å²) in [5.41, 5.74) is 1.79. The Morgan fingerprint density at radius 2 is 1.80 bits per heavy atom. The van der Waals surface area contributed by atoms with Crippen LogP contribution in [-0.2, 0) is 0 Å². The van der Waals surface area contributed by atoms with Gasteiger partial charge in [-0.15, -0.1) is 0 Å². The average molecular weight is 305 g/mol. The van der Waals surface area contributed by atoms with Crippen molar-refractivity contribution in [1.29, 1.82) is 0 Å². The monoisotopic (exact) mass is 304 g/mol. The Bertz CT molecular complexity index is 790. The number of nitrogens with zero attached hydrogens (tertiary/aromatic N) is 2. The van der Waals surface area contributed by atoms with Gasteiger partial charge in [-0.3, -0.25) is 0 Å². The zero-order chi connectivity index (χ0) is 14.1. The van der Waals surface area contributed by atoms with Gasteiger partial charge in [0.05, 0.1) is 15.9 Å². The maximum absolute atomic E-state index is 6.17. The lowest BCUT2D eigenvalue weighted by atomic mass is 10.2. The molecule has 1 heterocycles. The van der Waals surface area contributed by atoms with Crippen molar-refractivity contribution in [3.8, 4) is 11.6 Å². The molecule has 100 valence electrons. The first-order valence-electron chi connectivity index (χ1n) is 6.00. The van der Waals surface area contributed by atoms with Crippen LogP contribution in [0.25, 0.3) is 10.9 Å². The molecule has 2 aromatic carbocycles. The number of hydrogen-bond donors (Lipinski definition) is 0. The molecule has 0 spiro atoms. The topological polar surface area (TPSA) is 35.0 Å². The number of halogens is 2. The van der Waals surface area contributed by atoms with Crippen LogP contribution in [0.1, 0.15) is 5.56 Å². The Labute approximate surface area is 126 Å². The van der Waals surface area contributed by atoms with Gasteiger partial charge in [0.25, 0.3) is 0 Å². The van der Waals surface area contributed by atoms with Gasteiger partial charge in [0.15, 0.2) is 0 Å². The van der Waals surface area contributed by atoms with Gasteiger partial charge in [-0.05, 0) is 48.4 Å². The standard InChI is InChI=1S/C15H10Cl2N2O/c1-9-6-7-13(11(16)8-9)20-14-10-4-2-3-5-12(10)18-15(17)19-14/h2-8H,1H3. The summed E-state index contributed by atoms with van der Waals surface area (Å²) in [6, 6.07) is 13.1. The van der Waals surface area contributed by atoms with E-state index in [9.17, 15) is 0 Å². The number of aromatic nitrogens is 2. The van der Waals surface area contributed by atoms with Crippen molar-refractivity contribution in [2.24, 2.45) is 0 Å². The molecule has 0 unspecified atom stereocenters. The van der Waals surface area contributed by atoms with Gasteiger partial charge in [-0.1, -0.05) is 29.8 Å². The predicted molar refractivity (Wildman–Crippen MR) is 80.8 cm³/mol. The Morgan fingerprint density at radius 1 is 1.00 bits per heavy atom. The molecular formula is C15H10Cl2N2O. The Morgan fingerprint density at radius 3 is 2.60 bits per heavy atom. The summed E-state index contributed by atoms with van der Waals surface area (Å²) >= 11 is 12.1. The van der Waals surface area contributed by atoms with Gasteiger partial charge in [-0.2, -0.15) is 4.98 Å². The van der Waals surface area contributed by atoms with Crippen molar-refractivity contribution >= 4 is 34.1 Å². The van der Waals surface area contributed by atoms with E-state index in [4.69, 9.17) is 27.9 Å². The molecule has 0 saturated heterocycles. The van der Waals surface area contributed by atoms with Crippen LogP contribution in [0.2, 0.25) is 10.3 Å². The van der Waals surface area contributed by atoms with E-state index in [-0.39, 0.29) is 5.28 Å². The molecule has 0 radical (unpaired) electrons. The van der Waals surface area contributed by atoms with Gasteiger partial charge in [0.2, 0.25) is 11.2 Å². The van der Waals surface area contributed by atoms with Gasteiger partial charge in [0, 0.05) is 0 Å². The summed E-state index contributed by atoms with van der Waals surface area (Å²) in [7, 11) is 0. The summed E-state index contributed by atoms with van der Waals surface area (Å²) < 4.78 is 5.79. The zero-order valence-corrected chi connectivity index (χ0v) is 12.1. The highest BCUT2D eigenvalue weighted by Gasteiger charge is 2.10. The molecule has 0 N–H and O–H groups in total. The van der Waals surface area contributed by atoms with Crippen LogP contribution in [0.3, 0.4) is 0 Å². The second-order valence-corrected chi connectivity index (χ2v) is 5.10. The Balaban J connectivity index is 2.10. The number of fused-ring (bicyclic) bond motifs is 1. The molecule has 0 aliphatic rings. The number of hydrogen-bond acceptors (Lipinski definition) is 3. The lowest BCUT2D eigenvalue weighted by Crippen LogP contribution is -1.93. The Hall–Kier alpha value is -1.84. The van der Waals surface area contributed by atoms with Crippen LogP contribution >= 0.6 is 23.2 Å². The average Bonchev–Trinajstić information content (AvgIpc) is 2.41. The largest absolute Gasteiger partial charge is 0.437 e. The van der Waals surface area contributed by atoms with Crippen LogP contribution in [0, 0.1) is 6.92 Å². The smallest absolute Gasteiger partial charge is 0.231 e. The minimum atomic E-state index is 0.141. The van der Waals surface area contributed by atoms with Crippen LogP contribution in [0.4, 0.5) is 0 Å². The van der Waals surface area contributed by atoms with Crippen LogP contribution in [-0.4, -0.2) is 9.97 Å². The lowest BCUT2D eigenvalue weighted by molar-refractivity contribution is 0.468. The number of rotatable bonds is 2. The van der Waals surface area contributed by atoms with Crippen molar-refractivity contribution < 1.29 is 4.74 Å². The number of para-hydroxylation sites is 1. The molecule has 1 aromatic heterocycles. The third-order valence-corrected chi connectivity index (χ3v) is 3.30. The van der Waals surface area contributed by atoms with Crippen molar-refractivity contribution in [3.05, 3.63) is 58.3 Å². The lowest BCUT2D eigenvalue weighted by Gasteiger charge is -2.09. The van der Waals surface area contributed by atoms with Crippen molar-refractivity contribution in [3.63, 3.8) is 0 Å². The molecule has 0 amide bonds. The summed E-state index contributed by atoms with van der Waals surface area (Å²) in [6.45, 7) is 1.96. The minimum absolute atomic E-state index is 0.141. The quantitative estimate of drug-likeness (QED) is 0.622. The highest BCUT2D eigenvalue weighted by molar-refractivity contribution is 6.32. The summed E-state index contributed by atoms with van der Waals surface area (Å²) in [6.07, 6.45) is 0. The predicted octanol–water partition coefficient (Wildman–Crippen LogP) is 5.04. The summed E-state index contributed by atoms with van der Waals surface area (Å²) in [4.78, 5) is 8.29. The van der Waals surface area contributed by atoms with Crippen LogP contribution < -0.4 is 4.74 Å². The fourth-order valence-corrected chi connectivity index (χ4v) is 2.33. The van der Waals surface area contributed by atoms with Crippen LogP contribution in [0.15, 0.2) is 42.5 Å². The van der Waals surface area contributed by atoms with Gasteiger partial charge in [-0.25, -0.2) is 4.98 Å². The fraction of sp³-hybridized carbons (Fsp3) is 0.0667. The molecule has 3 rings (SSSR count). The van der Waals surface area contributed by atoms with E-state index >= 15 is 0 Å². The molecule has 3 nitrogen and oxygen atoms in total. The first-order chi connectivity index (χ1) is 9.63. The first kappa shape index (κ1) is 13.2. The normalized spacial score (nSPS) is 10.8. The van der Waals surface area contributed by atoms with Crippen molar-refractivity contribution in [2.45, 2.75) is 6.92 Å². The van der Waals surface area contributed by atoms with E-state index in [1.165, 1.54) is 0 Å². The second kappa shape index (κ2) is 5.27. The van der Waals surface area contributed by atoms with Crippen molar-refractivity contribution in [2.75, 3.05) is 0 Å². The molecule has 5 heteroatoms. The molecule has 0 aliphatic carbocycles. The summed E-state index contributed by atoms with van der Waals surface area (Å²) in [5.74, 6) is 0.934. The fourth-order valence-electron chi connectivity index (χ4n) is 1.89. The molecule has 0 bridgehead atoms. The Kier molecular flexibility index (Phi) is 3.47. The first-order valence-corrected chi connectivity index (χ1v) is 6.75. The zero-order valence-electron chi connectivity index (χ0n) is 10.6. The maximum Gasteiger partial charge on any atom is 0.231 e. The third-order valence-electron chi connectivity index (χ3n) is 2.83. The molecule has 3 aromatic rings. The number of aryl methyl sites for hydroxylation is 1. The molecule has 20 heavy (non-hydrogen) atoms. The highest BCUT2D eigenvalue weighted by Crippen LogP contribution is 2.33. The van der Waals surface area contributed by atoms with E-state index in [0.717, 1.165) is 16.5 Å². The minimum Gasteiger partial charge on any atom is -0.437 e. The maximum atomic E-state index is 6.17. The van der Waals surface area contributed by atoms with E-state index in [1.807, 2.05) is 49.4 Å². The molecule has 0 saturated carbocycles. The van der Waals surface area contributed by atoms with Gasteiger partial charge in [0.1, 0.15) is 5.75 Å². The second-order valence-electron chi connectivity index (χ2n) is 4.35. The van der Waals surface area contributed by atoms with Gasteiger partial charge >= 0.3 is 0 Å². The van der Waals surface area contributed by atoms with E-state index in [1.54, 1.807) is 0 Å². The van der Waals surface area contributed by atoms with Gasteiger partial charge < -0.3 is 4.74 Å². The molecular weight excluding hydrogens is 295 g/mol. The van der Waals surface area contributed by atoms with Crippen molar-refractivity contribution in [1.82, 2.24) is 9.97 Å². The number of benzene rings is 2. The third kappa shape index (κ3) is 2.55. The SMILES string of the molecule is Cc1ccc(Oc2nc(Cl)nc3ccccc23)c(Cl)c1. The van der Waals surface area contributed by atoms with E-state index in [0.29, 0.717) is 16.7 Å². The number of ether oxygens (including phenoxy) is 1. The summed E-state index contributed by atoms with van der Waals surface area (Å²) in [5, 5.41) is 1.46. The van der Waals surface area contributed by atoms with E-state index in [2.05, 4.69) is 9.97 Å². The molecule has 0 fully saturated rings. The van der Waals surface area contributed by atoms with Crippen LogP contribution in [0.5, 0.6) is 11.6 Å².